The number of hydrogen-bond acceptors (Lipinski definition) is 5. The highest BCUT2D eigenvalue weighted by Crippen LogP contribution is 2.30. The Morgan fingerprint density at radius 3 is 2.67 bits per heavy atom. The van der Waals surface area contributed by atoms with Crippen molar-refractivity contribution in [2.75, 3.05) is 5.32 Å². The van der Waals surface area contributed by atoms with E-state index in [0.29, 0.717) is 6.42 Å². The van der Waals surface area contributed by atoms with E-state index in [1.807, 2.05) is 39.8 Å². The Balaban J connectivity index is 2.25. The van der Waals surface area contributed by atoms with Crippen LogP contribution in [0.25, 0.3) is 0 Å². The lowest BCUT2D eigenvalue weighted by atomic mass is 10.1. The van der Waals surface area contributed by atoms with E-state index in [0.717, 1.165) is 26.8 Å². The summed E-state index contributed by atoms with van der Waals surface area (Å²) in [5.74, 6) is 0. The first-order valence-electron chi connectivity index (χ1n) is 6.90. The number of benzene rings is 1. The molecule has 1 N–H and O–H groups in total. The third kappa shape index (κ3) is 3.39. The normalized spacial score (nSPS) is 12.2. The molecule has 0 amide bonds. The number of nitrogens with one attached hydrogen (secondary N) is 1. The highest BCUT2D eigenvalue weighted by molar-refractivity contribution is 7.11. The van der Waals surface area contributed by atoms with Gasteiger partial charge in [-0.25, -0.2) is 4.98 Å². The molecule has 0 aliphatic heterocycles. The first kappa shape index (κ1) is 15.4. The van der Waals surface area contributed by atoms with Crippen molar-refractivity contribution < 1.29 is 4.92 Å². The number of nitrogens with zero attached hydrogens (tertiary/aromatic N) is 2. The SMILES string of the molecule is CCc1ccc(NC(C)c2sc(C)nc2C)cc1[N+](=O)[O-]. The van der Waals surface area contributed by atoms with Crippen molar-refractivity contribution in [2.45, 2.75) is 40.2 Å². The van der Waals surface area contributed by atoms with E-state index in [4.69, 9.17) is 0 Å². The maximum atomic E-state index is 11.1. The van der Waals surface area contributed by atoms with Crippen molar-refractivity contribution in [3.63, 3.8) is 0 Å². The topological polar surface area (TPSA) is 68.1 Å². The van der Waals surface area contributed by atoms with Gasteiger partial charge in [-0.1, -0.05) is 13.0 Å². The molecule has 112 valence electrons. The molecule has 5 nitrogen and oxygen atoms in total. The Morgan fingerprint density at radius 1 is 1.43 bits per heavy atom. The van der Waals surface area contributed by atoms with E-state index in [1.165, 1.54) is 0 Å². The molecule has 0 saturated carbocycles. The van der Waals surface area contributed by atoms with E-state index in [2.05, 4.69) is 10.3 Å². The van der Waals surface area contributed by atoms with Gasteiger partial charge in [0.2, 0.25) is 0 Å². The van der Waals surface area contributed by atoms with Crippen LogP contribution in [-0.4, -0.2) is 9.91 Å². The van der Waals surface area contributed by atoms with Gasteiger partial charge in [0.1, 0.15) is 0 Å². The smallest absolute Gasteiger partial charge is 0.274 e. The van der Waals surface area contributed by atoms with Crippen LogP contribution in [0.3, 0.4) is 0 Å². The molecule has 1 aromatic heterocycles. The van der Waals surface area contributed by atoms with Gasteiger partial charge in [0.05, 0.1) is 21.7 Å². The second kappa shape index (κ2) is 6.22. The van der Waals surface area contributed by atoms with Crippen molar-refractivity contribution in [3.8, 4) is 0 Å². The molecule has 1 atom stereocenters. The second-order valence-corrected chi connectivity index (χ2v) is 6.24. The molecule has 6 heteroatoms. The average Bonchev–Trinajstić information content (AvgIpc) is 2.77. The van der Waals surface area contributed by atoms with Crippen molar-refractivity contribution in [2.24, 2.45) is 0 Å². The van der Waals surface area contributed by atoms with Gasteiger partial charge in [-0.3, -0.25) is 10.1 Å². The molecule has 0 spiro atoms. The minimum absolute atomic E-state index is 0.0725. The number of thiazole rings is 1. The fourth-order valence-electron chi connectivity index (χ4n) is 2.39. The van der Waals surface area contributed by atoms with Crippen molar-refractivity contribution in [3.05, 3.63) is 49.5 Å². The quantitative estimate of drug-likeness (QED) is 0.656. The lowest BCUT2D eigenvalue weighted by Gasteiger charge is -2.14. The Kier molecular flexibility index (Phi) is 4.57. The maximum absolute atomic E-state index is 11.1. The molecule has 1 unspecified atom stereocenters. The minimum Gasteiger partial charge on any atom is -0.377 e. The van der Waals surface area contributed by atoms with Gasteiger partial charge < -0.3 is 5.32 Å². The van der Waals surface area contributed by atoms with Crippen LogP contribution in [0.15, 0.2) is 18.2 Å². The first-order valence-corrected chi connectivity index (χ1v) is 7.71. The van der Waals surface area contributed by atoms with Gasteiger partial charge in [-0.15, -0.1) is 11.3 Å². The minimum atomic E-state index is -0.323. The number of rotatable bonds is 5. The zero-order chi connectivity index (χ0) is 15.6. The monoisotopic (exact) mass is 305 g/mol. The molecule has 0 aliphatic carbocycles. The first-order chi connectivity index (χ1) is 9.92. The molecule has 21 heavy (non-hydrogen) atoms. The summed E-state index contributed by atoms with van der Waals surface area (Å²) in [5, 5.41) is 15.5. The third-order valence-electron chi connectivity index (χ3n) is 3.38. The molecule has 0 saturated heterocycles. The second-order valence-electron chi connectivity index (χ2n) is 5.00. The number of aromatic nitrogens is 1. The predicted molar refractivity (Wildman–Crippen MR) is 86.1 cm³/mol. The van der Waals surface area contributed by atoms with Crippen LogP contribution in [0.2, 0.25) is 0 Å². The number of nitro benzene ring substituents is 1. The van der Waals surface area contributed by atoms with E-state index in [1.54, 1.807) is 17.4 Å². The molecular formula is C15H19N3O2S. The molecule has 0 aliphatic rings. The largest absolute Gasteiger partial charge is 0.377 e. The number of aryl methyl sites for hydroxylation is 3. The van der Waals surface area contributed by atoms with E-state index in [-0.39, 0.29) is 16.7 Å². The van der Waals surface area contributed by atoms with Gasteiger partial charge in [0.15, 0.2) is 0 Å². The van der Waals surface area contributed by atoms with Gasteiger partial charge in [0.25, 0.3) is 5.69 Å². The van der Waals surface area contributed by atoms with Crippen LogP contribution in [0.1, 0.15) is 41.0 Å². The van der Waals surface area contributed by atoms with Crippen LogP contribution in [0, 0.1) is 24.0 Å². The summed E-state index contributed by atoms with van der Waals surface area (Å²) in [6.07, 6.45) is 0.652. The lowest BCUT2D eigenvalue weighted by molar-refractivity contribution is -0.385. The van der Waals surface area contributed by atoms with Gasteiger partial charge in [-0.05, 0) is 33.3 Å². The molecule has 2 rings (SSSR count). The van der Waals surface area contributed by atoms with Crippen LogP contribution in [0.4, 0.5) is 11.4 Å². The Morgan fingerprint density at radius 2 is 2.14 bits per heavy atom. The number of anilines is 1. The summed E-state index contributed by atoms with van der Waals surface area (Å²) in [6, 6.07) is 5.39. The van der Waals surface area contributed by atoms with Gasteiger partial charge in [-0.2, -0.15) is 0 Å². The fourth-order valence-corrected chi connectivity index (χ4v) is 3.32. The highest BCUT2D eigenvalue weighted by atomic mass is 32.1. The summed E-state index contributed by atoms with van der Waals surface area (Å²) in [4.78, 5) is 16.4. The standard InChI is InChI=1S/C15H19N3O2S/c1-5-12-6-7-13(8-14(12)18(19)20)17-10(3)15-9(2)16-11(4)21-15/h6-8,10,17H,5H2,1-4H3. The Labute approximate surface area is 128 Å². The Bertz CT molecular complexity index is 667. The van der Waals surface area contributed by atoms with Crippen LogP contribution in [0.5, 0.6) is 0 Å². The Hall–Kier alpha value is -1.95. The molecule has 0 fully saturated rings. The highest BCUT2D eigenvalue weighted by Gasteiger charge is 2.16. The molecule has 0 radical (unpaired) electrons. The van der Waals surface area contributed by atoms with Crippen molar-refractivity contribution in [1.29, 1.82) is 0 Å². The number of hydrogen-bond donors (Lipinski definition) is 1. The molecular weight excluding hydrogens is 286 g/mol. The van der Waals surface area contributed by atoms with Crippen LogP contribution in [-0.2, 0) is 6.42 Å². The van der Waals surface area contributed by atoms with Crippen LogP contribution >= 0.6 is 11.3 Å². The summed E-state index contributed by atoms with van der Waals surface area (Å²) < 4.78 is 0. The summed E-state index contributed by atoms with van der Waals surface area (Å²) >= 11 is 1.65. The van der Waals surface area contributed by atoms with Gasteiger partial charge in [0, 0.05) is 22.2 Å². The molecule has 0 bridgehead atoms. The molecule has 2 aromatic rings. The van der Waals surface area contributed by atoms with Crippen molar-refractivity contribution >= 4 is 22.7 Å². The maximum Gasteiger partial charge on any atom is 0.274 e. The average molecular weight is 305 g/mol. The zero-order valence-electron chi connectivity index (χ0n) is 12.6. The molecule has 1 heterocycles. The summed E-state index contributed by atoms with van der Waals surface area (Å²) in [5.41, 5.74) is 2.70. The lowest BCUT2D eigenvalue weighted by Crippen LogP contribution is -2.07. The van der Waals surface area contributed by atoms with E-state index >= 15 is 0 Å². The molecule has 1 aromatic carbocycles. The van der Waals surface area contributed by atoms with Crippen molar-refractivity contribution in [1.82, 2.24) is 4.98 Å². The van der Waals surface area contributed by atoms with E-state index < -0.39 is 0 Å². The van der Waals surface area contributed by atoms with Gasteiger partial charge >= 0.3 is 0 Å². The summed E-state index contributed by atoms with van der Waals surface area (Å²) in [7, 11) is 0. The van der Waals surface area contributed by atoms with Crippen LogP contribution < -0.4 is 5.32 Å². The zero-order valence-corrected chi connectivity index (χ0v) is 13.5. The fraction of sp³-hybridized carbons (Fsp3) is 0.400. The summed E-state index contributed by atoms with van der Waals surface area (Å²) in [6.45, 7) is 7.93. The predicted octanol–water partition coefficient (Wildman–Crippen LogP) is 4.40. The van der Waals surface area contributed by atoms with E-state index in [9.17, 15) is 10.1 Å². The third-order valence-corrected chi connectivity index (χ3v) is 4.63. The number of nitro groups is 1.